The number of amides is 3. The molecule has 2 heterocycles. The van der Waals surface area contributed by atoms with Gasteiger partial charge in [0.2, 0.25) is 11.8 Å². The average Bonchev–Trinajstić information content (AvgIpc) is 3.35. The molecule has 0 bridgehead atoms. The topological polar surface area (TPSA) is 160 Å². The number of piperazine rings is 1. The number of nitrogens with one attached hydrogen (secondary N) is 1. The van der Waals surface area contributed by atoms with Gasteiger partial charge >= 0.3 is 12.1 Å². The second kappa shape index (κ2) is 13.4. The lowest BCUT2D eigenvalue weighted by atomic mass is 10.1. The summed E-state index contributed by atoms with van der Waals surface area (Å²) in [6, 6.07) is 9.08. The Morgan fingerprint density at radius 3 is 2.28 bits per heavy atom. The number of Topliss-reactive ketones (excluding diaryl/α,β-unsaturated/α-hetero) is 1. The van der Waals surface area contributed by atoms with E-state index in [4.69, 9.17) is 9.47 Å². The third kappa shape index (κ3) is 7.79. The van der Waals surface area contributed by atoms with Gasteiger partial charge in [0, 0.05) is 38.7 Å². The first-order valence-corrected chi connectivity index (χ1v) is 12.7. The van der Waals surface area contributed by atoms with Crippen molar-refractivity contribution in [3.63, 3.8) is 0 Å². The summed E-state index contributed by atoms with van der Waals surface area (Å²) in [5.41, 5.74) is 0.505. The van der Waals surface area contributed by atoms with Crippen molar-refractivity contribution in [3.8, 4) is 11.6 Å². The molecule has 210 valence electrons. The number of aromatic nitrogens is 2. The van der Waals surface area contributed by atoms with Crippen LogP contribution in [0.15, 0.2) is 36.4 Å². The van der Waals surface area contributed by atoms with Crippen LogP contribution in [0, 0.1) is 0 Å². The van der Waals surface area contributed by atoms with E-state index in [1.54, 1.807) is 38.1 Å². The van der Waals surface area contributed by atoms with Crippen LogP contribution in [0.4, 0.5) is 4.79 Å². The number of hydrogen-bond donors (Lipinski definition) is 2. The van der Waals surface area contributed by atoms with Crippen LogP contribution < -0.4 is 10.1 Å². The summed E-state index contributed by atoms with van der Waals surface area (Å²) in [6.07, 6.45) is -1.74. The normalized spacial score (nSPS) is 14.7. The van der Waals surface area contributed by atoms with Gasteiger partial charge in [-0.25, -0.2) is 9.48 Å². The summed E-state index contributed by atoms with van der Waals surface area (Å²) in [5.74, 6) is -2.35. The van der Waals surface area contributed by atoms with Crippen molar-refractivity contribution < 1.29 is 38.6 Å². The van der Waals surface area contributed by atoms with E-state index in [-0.39, 0.29) is 63.0 Å². The smallest absolute Gasteiger partial charge is 0.409 e. The van der Waals surface area contributed by atoms with E-state index in [1.807, 2.05) is 6.07 Å². The van der Waals surface area contributed by atoms with Crippen LogP contribution in [0.3, 0.4) is 0 Å². The fourth-order valence-electron chi connectivity index (χ4n) is 3.88. The highest BCUT2D eigenvalue weighted by molar-refractivity contribution is 5.96. The van der Waals surface area contributed by atoms with Gasteiger partial charge in [0.15, 0.2) is 17.6 Å². The summed E-state index contributed by atoms with van der Waals surface area (Å²) < 4.78 is 12.1. The maximum Gasteiger partial charge on any atom is 0.409 e. The number of para-hydroxylation sites is 1. The van der Waals surface area contributed by atoms with Crippen molar-refractivity contribution in [3.05, 3.63) is 42.1 Å². The minimum atomic E-state index is -1.13. The lowest BCUT2D eigenvalue weighted by Crippen LogP contribution is -2.56. The lowest BCUT2D eigenvalue weighted by molar-refractivity contribution is -0.138. The Labute approximate surface area is 225 Å². The highest BCUT2D eigenvalue weighted by Gasteiger charge is 2.31. The summed E-state index contributed by atoms with van der Waals surface area (Å²) in [6.45, 7) is 5.82. The number of ether oxygens (including phenoxy) is 2. The molecule has 13 nitrogen and oxygen atoms in total. The van der Waals surface area contributed by atoms with Gasteiger partial charge in [0.05, 0.1) is 12.3 Å². The van der Waals surface area contributed by atoms with Crippen molar-refractivity contribution >= 4 is 29.7 Å². The molecule has 2 N–H and O–H groups in total. The van der Waals surface area contributed by atoms with Crippen molar-refractivity contribution in [2.24, 2.45) is 0 Å². The molecule has 1 fully saturated rings. The molecule has 1 aliphatic heterocycles. The molecule has 2 atom stereocenters. The molecule has 3 rings (SSSR count). The summed E-state index contributed by atoms with van der Waals surface area (Å²) in [4.78, 5) is 64.5. The molecule has 1 aromatic heterocycles. The molecule has 1 aliphatic rings. The molecule has 1 saturated heterocycles. The third-order valence-corrected chi connectivity index (χ3v) is 6.15. The molecule has 39 heavy (non-hydrogen) atoms. The van der Waals surface area contributed by atoms with E-state index in [0.29, 0.717) is 5.69 Å². The van der Waals surface area contributed by atoms with Crippen LogP contribution in [-0.4, -0.2) is 99.3 Å². The Bertz CT molecular complexity index is 1190. The quantitative estimate of drug-likeness (QED) is 0.428. The summed E-state index contributed by atoms with van der Waals surface area (Å²) in [5, 5.41) is 16.1. The zero-order chi connectivity index (χ0) is 28.5. The molecule has 0 radical (unpaired) electrons. The van der Waals surface area contributed by atoms with Crippen molar-refractivity contribution in [2.45, 2.75) is 45.8 Å². The summed E-state index contributed by atoms with van der Waals surface area (Å²) >= 11 is 0. The number of hydrogen-bond acceptors (Lipinski definition) is 8. The first-order chi connectivity index (χ1) is 18.6. The van der Waals surface area contributed by atoms with Gasteiger partial charge in [0.1, 0.15) is 6.04 Å². The predicted molar refractivity (Wildman–Crippen MR) is 138 cm³/mol. The molecule has 3 amide bonds. The molecule has 13 heteroatoms. The minimum absolute atomic E-state index is 0.0788. The second-order valence-corrected chi connectivity index (χ2v) is 8.96. The first kappa shape index (κ1) is 29.1. The molecule has 1 aromatic carbocycles. The van der Waals surface area contributed by atoms with Gasteiger partial charge in [0.25, 0.3) is 5.91 Å². The fraction of sp³-hybridized carbons (Fsp3) is 0.462. The van der Waals surface area contributed by atoms with Gasteiger partial charge in [-0.2, -0.15) is 5.10 Å². The Morgan fingerprint density at radius 1 is 1.05 bits per heavy atom. The number of ketones is 1. The van der Waals surface area contributed by atoms with Gasteiger partial charge in [-0.3, -0.25) is 19.2 Å². The fourth-order valence-corrected chi connectivity index (χ4v) is 3.88. The Kier molecular flexibility index (Phi) is 10.0. The Morgan fingerprint density at radius 2 is 1.69 bits per heavy atom. The molecule has 0 saturated carbocycles. The SMILES string of the molecule is CCOC(=O)N1CCN(C(=O)C(CCC(=O)O)NC(=O)c2cc(OC(C)C(C)=O)n(-c3ccccc3)n2)CC1. The van der Waals surface area contributed by atoms with Crippen LogP contribution in [0.25, 0.3) is 5.69 Å². The third-order valence-electron chi connectivity index (χ3n) is 6.15. The number of carboxylic acids is 1. The highest BCUT2D eigenvalue weighted by Crippen LogP contribution is 2.21. The second-order valence-electron chi connectivity index (χ2n) is 8.96. The maximum absolute atomic E-state index is 13.3. The molecule has 2 unspecified atom stereocenters. The highest BCUT2D eigenvalue weighted by atomic mass is 16.6. The zero-order valence-electron chi connectivity index (χ0n) is 22.2. The number of rotatable bonds is 11. The van der Waals surface area contributed by atoms with Gasteiger partial charge in [-0.15, -0.1) is 0 Å². The van der Waals surface area contributed by atoms with Gasteiger partial charge < -0.3 is 29.7 Å². The first-order valence-electron chi connectivity index (χ1n) is 12.7. The maximum atomic E-state index is 13.3. The van der Waals surface area contributed by atoms with E-state index in [9.17, 15) is 29.1 Å². The van der Waals surface area contributed by atoms with Crippen LogP contribution in [0.1, 0.15) is 44.1 Å². The lowest BCUT2D eigenvalue weighted by Gasteiger charge is -2.35. The van der Waals surface area contributed by atoms with Crippen molar-refractivity contribution in [1.82, 2.24) is 24.9 Å². The predicted octanol–water partition coefficient (Wildman–Crippen LogP) is 1.49. The standard InChI is InChI=1S/C26H33N5O8/c1-4-38-26(37)30-14-12-29(13-15-30)25(36)20(10-11-23(33)34)27-24(35)21-16-22(39-18(3)17(2)32)31(28-21)19-8-6-5-7-9-19/h5-9,16,18,20H,4,10-15H2,1-3H3,(H,27,35)(H,33,34). The van der Waals surface area contributed by atoms with Crippen LogP contribution in [0.5, 0.6) is 5.88 Å². The van der Waals surface area contributed by atoms with Crippen LogP contribution >= 0.6 is 0 Å². The van der Waals surface area contributed by atoms with Crippen molar-refractivity contribution in [1.29, 1.82) is 0 Å². The zero-order valence-corrected chi connectivity index (χ0v) is 22.2. The van der Waals surface area contributed by atoms with Gasteiger partial charge in [-0.05, 0) is 39.3 Å². The molecular formula is C26H33N5O8. The van der Waals surface area contributed by atoms with Gasteiger partial charge in [-0.1, -0.05) is 18.2 Å². The average molecular weight is 544 g/mol. The van der Waals surface area contributed by atoms with E-state index in [0.717, 1.165) is 0 Å². The van der Waals surface area contributed by atoms with E-state index in [1.165, 1.54) is 27.5 Å². The van der Waals surface area contributed by atoms with Crippen LogP contribution in [0.2, 0.25) is 0 Å². The largest absolute Gasteiger partial charge is 0.481 e. The summed E-state index contributed by atoms with van der Waals surface area (Å²) in [7, 11) is 0. The number of benzene rings is 1. The number of carbonyl (C=O) groups excluding carboxylic acids is 4. The number of carboxylic acid groups (broad SMARTS) is 1. The number of nitrogens with zero attached hydrogens (tertiary/aromatic N) is 4. The van der Waals surface area contributed by atoms with Crippen molar-refractivity contribution in [2.75, 3.05) is 32.8 Å². The van der Waals surface area contributed by atoms with E-state index in [2.05, 4.69) is 10.4 Å². The van der Waals surface area contributed by atoms with E-state index >= 15 is 0 Å². The Balaban J connectivity index is 1.79. The molecule has 2 aromatic rings. The van der Waals surface area contributed by atoms with Crippen LogP contribution in [-0.2, 0) is 19.1 Å². The minimum Gasteiger partial charge on any atom is -0.481 e. The number of aliphatic carboxylic acids is 1. The monoisotopic (exact) mass is 543 g/mol. The number of carbonyl (C=O) groups is 5. The molecule has 0 spiro atoms. The Hall–Kier alpha value is -4.42. The van der Waals surface area contributed by atoms with E-state index < -0.39 is 36.0 Å². The molecular weight excluding hydrogens is 510 g/mol. The molecule has 0 aliphatic carbocycles.